The average Bonchev–Trinajstić information content (AvgIpc) is 2.71. The Morgan fingerprint density at radius 3 is 2.63 bits per heavy atom. The molecule has 1 aromatic rings. The second kappa shape index (κ2) is 6.13. The first-order chi connectivity index (χ1) is 8.79. The Labute approximate surface area is 114 Å². The van der Waals surface area contributed by atoms with Crippen LogP contribution in [0.3, 0.4) is 0 Å². The monoisotopic (exact) mass is 307 g/mol. The number of carboxylic acids is 1. The van der Waals surface area contributed by atoms with Crippen molar-refractivity contribution < 1.29 is 27.9 Å². The van der Waals surface area contributed by atoms with Gasteiger partial charge in [-0.25, -0.2) is 17.9 Å². The van der Waals surface area contributed by atoms with Crippen molar-refractivity contribution in [1.29, 1.82) is 0 Å². The van der Waals surface area contributed by atoms with E-state index in [1.807, 2.05) is 0 Å². The van der Waals surface area contributed by atoms with Crippen molar-refractivity contribution in [3.05, 3.63) is 15.8 Å². The molecule has 0 bridgehead atoms. The highest BCUT2D eigenvalue weighted by Gasteiger charge is 2.26. The smallest absolute Gasteiger partial charge is 0.347 e. The molecule has 1 rings (SSSR count). The van der Waals surface area contributed by atoms with Crippen LogP contribution < -0.4 is 4.72 Å². The minimum absolute atomic E-state index is 0.124. The minimum Gasteiger partial charge on any atom is -0.477 e. The number of carbonyl (C=O) groups excluding carboxylic acids is 1. The molecule has 0 saturated carbocycles. The second-order valence-electron chi connectivity index (χ2n) is 3.61. The molecular weight excluding hydrogens is 294 g/mol. The van der Waals surface area contributed by atoms with E-state index in [0.717, 1.165) is 11.3 Å². The minimum atomic E-state index is -3.96. The first-order valence-electron chi connectivity index (χ1n) is 5.17. The molecular formula is C10H13NO6S2. The number of ether oxygens (including phenoxy) is 1. The highest BCUT2D eigenvalue weighted by molar-refractivity contribution is 7.89. The van der Waals surface area contributed by atoms with E-state index in [1.54, 1.807) is 0 Å². The van der Waals surface area contributed by atoms with Gasteiger partial charge in [0.2, 0.25) is 10.0 Å². The van der Waals surface area contributed by atoms with Crippen LogP contribution in [0.15, 0.2) is 10.3 Å². The summed E-state index contributed by atoms with van der Waals surface area (Å²) in [5.74, 6) is -1.85. The van der Waals surface area contributed by atoms with Crippen molar-refractivity contribution in [1.82, 2.24) is 4.72 Å². The van der Waals surface area contributed by atoms with Crippen molar-refractivity contribution in [2.24, 2.45) is 0 Å². The molecule has 0 unspecified atom stereocenters. The van der Waals surface area contributed by atoms with E-state index in [1.165, 1.54) is 19.4 Å². The van der Waals surface area contributed by atoms with Crippen molar-refractivity contribution in [3.63, 3.8) is 0 Å². The summed E-state index contributed by atoms with van der Waals surface area (Å²) in [5.41, 5.74) is 0.355. The molecule has 1 heterocycles. The van der Waals surface area contributed by atoms with Crippen LogP contribution in [0.1, 0.15) is 21.7 Å². The largest absolute Gasteiger partial charge is 0.477 e. The number of thiophene rings is 1. The molecule has 1 aromatic heterocycles. The summed E-state index contributed by atoms with van der Waals surface area (Å²) >= 11 is 0.845. The first-order valence-corrected chi connectivity index (χ1v) is 7.53. The maximum absolute atomic E-state index is 12.0. The fraction of sp³-hybridized carbons (Fsp3) is 0.400. The van der Waals surface area contributed by atoms with Gasteiger partial charge >= 0.3 is 11.9 Å². The van der Waals surface area contributed by atoms with Gasteiger partial charge in [-0.15, -0.1) is 11.3 Å². The van der Waals surface area contributed by atoms with E-state index in [9.17, 15) is 18.0 Å². The maximum Gasteiger partial charge on any atom is 0.347 e. The van der Waals surface area contributed by atoms with Crippen LogP contribution in [-0.4, -0.2) is 39.1 Å². The van der Waals surface area contributed by atoms with Crippen LogP contribution in [0.4, 0.5) is 0 Å². The predicted octanol–water partition coefficient (Wildman–Crippen LogP) is 0.596. The number of rotatable bonds is 6. The van der Waals surface area contributed by atoms with Gasteiger partial charge in [-0.05, 0) is 17.9 Å². The Kier molecular flexibility index (Phi) is 5.04. The molecule has 0 radical (unpaired) electrons. The first kappa shape index (κ1) is 15.6. The number of aryl methyl sites for hydroxylation is 1. The molecule has 0 saturated heterocycles. The normalized spacial score (nSPS) is 11.3. The SMILES string of the molecule is COC(=O)CCNS(=O)(=O)c1c(C)csc1C(=O)O. The van der Waals surface area contributed by atoms with E-state index >= 15 is 0 Å². The summed E-state index contributed by atoms with van der Waals surface area (Å²) in [5, 5.41) is 10.4. The summed E-state index contributed by atoms with van der Waals surface area (Å²) in [6.07, 6.45) is -0.124. The highest BCUT2D eigenvalue weighted by Crippen LogP contribution is 2.26. The molecule has 0 amide bonds. The van der Waals surface area contributed by atoms with Crippen molar-refractivity contribution in [2.45, 2.75) is 18.2 Å². The van der Waals surface area contributed by atoms with E-state index in [-0.39, 0.29) is 22.7 Å². The molecule has 0 atom stereocenters. The van der Waals surface area contributed by atoms with Gasteiger partial charge in [0, 0.05) is 6.54 Å². The standard InChI is InChI=1S/C10H13NO6S2/c1-6-5-18-8(10(13)14)9(6)19(15,16)11-4-3-7(12)17-2/h5,11H,3-4H2,1-2H3,(H,13,14). The van der Waals surface area contributed by atoms with E-state index < -0.39 is 22.0 Å². The molecule has 0 spiro atoms. The lowest BCUT2D eigenvalue weighted by Crippen LogP contribution is -2.28. The average molecular weight is 307 g/mol. The lowest BCUT2D eigenvalue weighted by Gasteiger charge is -2.07. The van der Waals surface area contributed by atoms with Gasteiger partial charge in [0.25, 0.3) is 0 Å². The molecule has 9 heteroatoms. The molecule has 0 fully saturated rings. The summed E-state index contributed by atoms with van der Waals surface area (Å²) in [6.45, 7) is 1.36. The third kappa shape index (κ3) is 3.75. The second-order valence-corrected chi connectivity index (χ2v) is 6.19. The molecule has 0 aliphatic heterocycles. The van der Waals surface area contributed by atoms with Crippen molar-refractivity contribution >= 4 is 33.3 Å². The van der Waals surface area contributed by atoms with E-state index in [4.69, 9.17) is 5.11 Å². The number of carboxylic acid groups (broad SMARTS) is 1. The third-order valence-corrected chi connectivity index (χ3v) is 5.09. The number of hydrogen-bond acceptors (Lipinski definition) is 6. The number of aromatic carboxylic acids is 1. The van der Waals surface area contributed by atoms with Gasteiger partial charge in [-0.3, -0.25) is 4.79 Å². The summed E-state index contributed by atoms with van der Waals surface area (Å²) < 4.78 is 30.5. The van der Waals surface area contributed by atoms with Crippen LogP contribution in [0.5, 0.6) is 0 Å². The maximum atomic E-state index is 12.0. The fourth-order valence-corrected chi connectivity index (χ4v) is 4.04. The van der Waals surface area contributed by atoms with Gasteiger partial charge in [0.15, 0.2) is 0 Å². The lowest BCUT2D eigenvalue weighted by atomic mass is 10.3. The molecule has 7 nitrogen and oxygen atoms in total. The fourth-order valence-electron chi connectivity index (χ4n) is 1.38. The summed E-state index contributed by atoms with van der Waals surface area (Å²) in [7, 11) is -2.76. The van der Waals surface area contributed by atoms with Crippen molar-refractivity contribution in [2.75, 3.05) is 13.7 Å². The highest BCUT2D eigenvalue weighted by atomic mass is 32.2. The molecule has 2 N–H and O–H groups in total. The Balaban J connectivity index is 2.92. The predicted molar refractivity (Wildman–Crippen MR) is 67.8 cm³/mol. The van der Waals surface area contributed by atoms with Gasteiger partial charge in [0.1, 0.15) is 9.77 Å². The Hall–Kier alpha value is -1.45. The van der Waals surface area contributed by atoms with Crippen LogP contribution in [0.2, 0.25) is 0 Å². The molecule has 0 aromatic carbocycles. The summed E-state index contributed by atoms with van der Waals surface area (Å²) in [6, 6.07) is 0. The zero-order chi connectivity index (χ0) is 14.6. The van der Waals surface area contributed by atoms with Gasteiger partial charge in [-0.2, -0.15) is 0 Å². The van der Waals surface area contributed by atoms with Gasteiger partial charge in [0.05, 0.1) is 13.5 Å². The van der Waals surface area contributed by atoms with Crippen LogP contribution >= 0.6 is 11.3 Å². The van der Waals surface area contributed by atoms with E-state index in [0.29, 0.717) is 5.56 Å². The number of carbonyl (C=O) groups is 2. The Morgan fingerprint density at radius 1 is 1.47 bits per heavy atom. The molecule has 19 heavy (non-hydrogen) atoms. The summed E-state index contributed by atoms with van der Waals surface area (Å²) in [4.78, 5) is 21.3. The quantitative estimate of drug-likeness (QED) is 0.745. The zero-order valence-electron chi connectivity index (χ0n) is 10.3. The van der Waals surface area contributed by atoms with Crippen LogP contribution in [0.25, 0.3) is 0 Å². The number of hydrogen-bond donors (Lipinski definition) is 2. The lowest BCUT2D eigenvalue weighted by molar-refractivity contribution is -0.140. The zero-order valence-corrected chi connectivity index (χ0v) is 11.9. The molecule has 106 valence electrons. The van der Waals surface area contributed by atoms with Crippen LogP contribution in [-0.2, 0) is 19.6 Å². The van der Waals surface area contributed by atoms with Crippen LogP contribution in [0, 0.1) is 6.92 Å². The van der Waals surface area contributed by atoms with E-state index in [2.05, 4.69) is 9.46 Å². The Morgan fingerprint density at radius 2 is 2.11 bits per heavy atom. The number of methoxy groups -OCH3 is 1. The molecule has 0 aliphatic rings. The van der Waals surface area contributed by atoms with Gasteiger partial charge < -0.3 is 9.84 Å². The topological polar surface area (TPSA) is 110 Å². The third-order valence-electron chi connectivity index (χ3n) is 2.23. The Bertz CT molecular complexity index is 589. The number of esters is 1. The van der Waals surface area contributed by atoms with Crippen molar-refractivity contribution in [3.8, 4) is 0 Å². The number of nitrogens with one attached hydrogen (secondary N) is 1. The van der Waals surface area contributed by atoms with Gasteiger partial charge in [-0.1, -0.05) is 0 Å². The number of sulfonamides is 1. The molecule has 0 aliphatic carbocycles.